The lowest BCUT2D eigenvalue weighted by atomic mass is 10.2. The molecule has 3 rings (SSSR count). The van der Waals surface area contributed by atoms with E-state index in [0.717, 1.165) is 22.2 Å². The van der Waals surface area contributed by atoms with Crippen molar-refractivity contribution in [1.82, 2.24) is 4.72 Å². The van der Waals surface area contributed by atoms with Crippen LogP contribution in [-0.4, -0.2) is 20.9 Å². The lowest BCUT2D eigenvalue weighted by Gasteiger charge is -2.10. The molecule has 5 nitrogen and oxygen atoms in total. The molecule has 3 aromatic carbocycles. The zero-order chi connectivity index (χ0) is 20.9. The van der Waals surface area contributed by atoms with E-state index in [0.29, 0.717) is 12.1 Å². The number of benzene rings is 3. The highest BCUT2D eigenvalue weighted by Crippen LogP contribution is 2.19. The molecule has 1 amide bonds. The maximum atomic E-state index is 14.2. The van der Waals surface area contributed by atoms with Crippen LogP contribution in [0.2, 0.25) is 0 Å². The van der Waals surface area contributed by atoms with E-state index in [-0.39, 0.29) is 12.1 Å². The highest BCUT2D eigenvalue weighted by molar-refractivity contribution is 9.10. The summed E-state index contributed by atoms with van der Waals surface area (Å²) >= 11 is 3.30. The van der Waals surface area contributed by atoms with E-state index in [1.807, 2.05) is 30.3 Å². The van der Waals surface area contributed by atoms with Crippen molar-refractivity contribution in [2.45, 2.75) is 11.3 Å². The third-order valence-electron chi connectivity index (χ3n) is 4.13. The third kappa shape index (κ3) is 5.72. The van der Waals surface area contributed by atoms with Crippen LogP contribution in [0.3, 0.4) is 0 Å². The molecule has 0 aliphatic heterocycles. The molecule has 8 heteroatoms. The Balaban J connectivity index is 1.73. The van der Waals surface area contributed by atoms with Crippen LogP contribution in [0.15, 0.2) is 82.2 Å². The van der Waals surface area contributed by atoms with E-state index >= 15 is 0 Å². The Morgan fingerprint density at radius 3 is 2.34 bits per heavy atom. The molecule has 0 unspecified atom stereocenters. The second-order valence-electron chi connectivity index (χ2n) is 6.24. The van der Waals surface area contributed by atoms with Gasteiger partial charge in [0.2, 0.25) is 10.0 Å². The van der Waals surface area contributed by atoms with E-state index in [1.54, 1.807) is 24.3 Å². The topological polar surface area (TPSA) is 75.3 Å². The average molecular weight is 477 g/mol. The van der Waals surface area contributed by atoms with E-state index in [4.69, 9.17) is 0 Å². The van der Waals surface area contributed by atoms with Crippen LogP contribution in [-0.2, 0) is 16.4 Å². The fraction of sp³-hybridized carbons (Fsp3) is 0.0952. The fourth-order valence-electron chi connectivity index (χ4n) is 2.64. The van der Waals surface area contributed by atoms with E-state index in [2.05, 4.69) is 26.0 Å². The highest BCUT2D eigenvalue weighted by Gasteiger charge is 2.21. The van der Waals surface area contributed by atoms with E-state index in [1.165, 1.54) is 6.07 Å². The summed E-state index contributed by atoms with van der Waals surface area (Å²) in [5.74, 6) is -1.45. The van der Waals surface area contributed by atoms with Crippen molar-refractivity contribution in [1.29, 1.82) is 0 Å². The Bertz CT molecular complexity index is 1100. The minimum absolute atomic E-state index is 0.0396. The first-order chi connectivity index (χ1) is 13.8. The maximum absolute atomic E-state index is 14.2. The summed E-state index contributed by atoms with van der Waals surface area (Å²) in [6.45, 7) is 0.112. The van der Waals surface area contributed by atoms with Gasteiger partial charge in [0.15, 0.2) is 0 Å². The first-order valence-corrected chi connectivity index (χ1v) is 11.0. The Labute approximate surface area is 177 Å². The molecular formula is C21H18BrFN2O3S. The van der Waals surface area contributed by atoms with E-state index in [9.17, 15) is 17.6 Å². The van der Waals surface area contributed by atoms with Crippen molar-refractivity contribution in [3.8, 4) is 0 Å². The summed E-state index contributed by atoms with van der Waals surface area (Å²) in [4.78, 5) is 11.9. The molecule has 0 spiro atoms. The molecule has 0 aliphatic rings. The number of anilines is 1. The normalized spacial score (nSPS) is 11.2. The quantitative estimate of drug-likeness (QED) is 0.531. The molecule has 0 bridgehead atoms. The number of sulfonamides is 1. The van der Waals surface area contributed by atoms with Crippen LogP contribution in [0.5, 0.6) is 0 Å². The number of nitrogens with one attached hydrogen (secondary N) is 2. The fourth-order valence-corrected chi connectivity index (χ4v) is 4.04. The van der Waals surface area contributed by atoms with Crippen molar-refractivity contribution in [2.24, 2.45) is 0 Å². The first-order valence-electron chi connectivity index (χ1n) is 8.75. The smallest absolute Gasteiger partial charge is 0.255 e. The van der Waals surface area contributed by atoms with Crippen molar-refractivity contribution >= 4 is 37.5 Å². The molecule has 0 fully saturated rings. The number of hydrogen-bond donors (Lipinski definition) is 2. The average Bonchev–Trinajstić information content (AvgIpc) is 2.70. The van der Waals surface area contributed by atoms with Gasteiger partial charge in [-0.15, -0.1) is 0 Å². The zero-order valence-electron chi connectivity index (χ0n) is 15.2. The summed E-state index contributed by atoms with van der Waals surface area (Å²) < 4.78 is 42.5. The molecule has 29 heavy (non-hydrogen) atoms. The maximum Gasteiger partial charge on any atom is 0.255 e. The molecular weight excluding hydrogens is 459 g/mol. The Morgan fingerprint density at radius 1 is 0.966 bits per heavy atom. The summed E-state index contributed by atoms with van der Waals surface area (Å²) in [6.07, 6.45) is 0.464. The van der Waals surface area contributed by atoms with Crippen LogP contribution < -0.4 is 10.0 Å². The molecule has 3 aromatic rings. The molecule has 0 heterocycles. The number of carbonyl (C=O) groups is 1. The van der Waals surface area contributed by atoms with Gasteiger partial charge in [-0.3, -0.25) is 4.79 Å². The van der Waals surface area contributed by atoms with Crippen molar-refractivity contribution in [3.05, 3.63) is 94.2 Å². The predicted octanol–water partition coefficient (Wildman–Crippen LogP) is 4.36. The minimum atomic E-state index is -4.11. The van der Waals surface area contributed by atoms with Crippen LogP contribution in [0.4, 0.5) is 10.1 Å². The Kier molecular flexibility index (Phi) is 6.79. The third-order valence-corrected chi connectivity index (χ3v) is 6.14. The summed E-state index contributed by atoms with van der Waals surface area (Å²) in [5, 5.41) is 2.65. The van der Waals surface area contributed by atoms with Gasteiger partial charge < -0.3 is 5.32 Å². The Hall–Kier alpha value is -2.55. The van der Waals surface area contributed by atoms with Gasteiger partial charge in [-0.2, -0.15) is 0 Å². The first kappa shape index (κ1) is 21.2. The predicted molar refractivity (Wildman–Crippen MR) is 114 cm³/mol. The van der Waals surface area contributed by atoms with Gasteiger partial charge in [0.1, 0.15) is 10.7 Å². The number of hydrogen-bond acceptors (Lipinski definition) is 3. The highest BCUT2D eigenvalue weighted by atomic mass is 79.9. The lowest BCUT2D eigenvalue weighted by molar-refractivity contribution is 0.102. The van der Waals surface area contributed by atoms with Gasteiger partial charge in [-0.1, -0.05) is 46.3 Å². The number of amides is 1. The standard InChI is InChI=1S/C21H18BrFN2O3S/c22-17-7-9-18(10-8-17)25-21(26)16-6-11-19(23)20(14-16)29(27,28)24-13-12-15-4-2-1-3-5-15/h1-11,14,24H,12-13H2,(H,25,26). The SMILES string of the molecule is O=C(Nc1ccc(Br)cc1)c1ccc(F)c(S(=O)(=O)NCCc2ccccc2)c1. The summed E-state index contributed by atoms with van der Waals surface area (Å²) in [6, 6.07) is 19.5. The molecule has 2 N–H and O–H groups in total. The zero-order valence-corrected chi connectivity index (χ0v) is 17.6. The van der Waals surface area contributed by atoms with Gasteiger partial charge in [-0.05, 0) is 54.4 Å². The van der Waals surface area contributed by atoms with Crippen LogP contribution in [0.25, 0.3) is 0 Å². The van der Waals surface area contributed by atoms with Gasteiger partial charge in [0.25, 0.3) is 5.91 Å². The molecule has 0 aromatic heterocycles. The second-order valence-corrected chi connectivity index (χ2v) is 8.89. The van der Waals surface area contributed by atoms with Crippen LogP contribution in [0.1, 0.15) is 15.9 Å². The number of halogens is 2. The summed E-state index contributed by atoms with van der Waals surface area (Å²) in [7, 11) is -4.11. The molecule has 0 atom stereocenters. The molecule has 0 saturated carbocycles. The second kappa shape index (κ2) is 9.30. The van der Waals surface area contributed by atoms with Crippen LogP contribution >= 0.6 is 15.9 Å². The number of carbonyl (C=O) groups excluding carboxylic acids is 1. The van der Waals surface area contributed by atoms with E-state index < -0.39 is 26.6 Å². The molecule has 150 valence electrons. The number of rotatable bonds is 7. The van der Waals surface area contributed by atoms with Gasteiger partial charge in [0.05, 0.1) is 0 Å². The molecule has 0 aliphatic carbocycles. The van der Waals surface area contributed by atoms with Gasteiger partial charge in [0, 0.05) is 22.3 Å². The van der Waals surface area contributed by atoms with Crippen molar-refractivity contribution in [2.75, 3.05) is 11.9 Å². The van der Waals surface area contributed by atoms with Gasteiger partial charge in [-0.25, -0.2) is 17.5 Å². The van der Waals surface area contributed by atoms with Gasteiger partial charge >= 0.3 is 0 Å². The minimum Gasteiger partial charge on any atom is -0.322 e. The van der Waals surface area contributed by atoms with Crippen molar-refractivity contribution < 1.29 is 17.6 Å². The van der Waals surface area contributed by atoms with Crippen LogP contribution in [0, 0.1) is 5.82 Å². The monoisotopic (exact) mass is 476 g/mol. The van der Waals surface area contributed by atoms with Crippen molar-refractivity contribution in [3.63, 3.8) is 0 Å². The Morgan fingerprint density at radius 2 is 1.66 bits per heavy atom. The lowest BCUT2D eigenvalue weighted by Crippen LogP contribution is -2.27. The molecule has 0 radical (unpaired) electrons. The molecule has 0 saturated heterocycles. The summed E-state index contributed by atoms with van der Waals surface area (Å²) in [5.41, 5.74) is 1.53. The largest absolute Gasteiger partial charge is 0.322 e.